The van der Waals surface area contributed by atoms with Gasteiger partial charge >= 0.3 is 0 Å². The number of imidazole rings is 1. The zero-order valence-corrected chi connectivity index (χ0v) is 30.6. The van der Waals surface area contributed by atoms with Crippen LogP contribution in [-0.4, -0.2) is 34.6 Å². The van der Waals surface area contributed by atoms with E-state index in [9.17, 15) is 13.7 Å². The molecule has 0 bridgehead atoms. The first kappa shape index (κ1) is 35.4. The molecule has 7 aromatic rings. The van der Waals surface area contributed by atoms with E-state index in [1.54, 1.807) is 66.0 Å². The fraction of sp³-hybridized carbons (Fsp3) is 0.109. The first-order chi connectivity index (χ1) is 26.9. The van der Waals surface area contributed by atoms with Gasteiger partial charge in [0, 0.05) is 18.4 Å². The molecule has 6 aromatic carbocycles. The first-order valence-electron chi connectivity index (χ1n) is 18.0. The van der Waals surface area contributed by atoms with Crippen molar-refractivity contribution in [2.45, 2.75) is 35.4 Å². The largest absolute Gasteiger partial charge is 0.351 e. The van der Waals surface area contributed by atoms with Crippen LogP contribution >= 0.6 is 0 Å². The predicted molar refractivity (Wildman–Crippen MR) is 212 cm³/mol. The fourth-order valence-corrected chi connectivity index (χ4v) is 9.60. The molecule has 2 heterocycles. The van der Waals surface area contributed by atoms with E-state index in [0.717, 1.165) is 22.3 Å². The maximum atomic E-state index is 16.1. The van der Waals surface area contributed by atoms with E-state index in [1.165, 1.54) is 4.31 Å². The average molecular weight is 740 g/mol. The number of carbonyl (C=O) groups is 1. The van der Waals surface area contributed by atoms with Gasteiger partial charge in [0.05, 0.1) is 40.0 Å². The number of fused-ring (bicyclic) bond motifs is 1. The summed E-state index contributed by atoms with van der Waals surface area (Å²) in [6.07, 6.45) is 3.51. The molecule has 2 atom stereocenters. The second kappa shape index (κ2) is 15.0. The number of nitriles is 1. The molecule has 9 heteroatoms. The number of hydrogen-bond acceptors (Lipinski definition) is 5. The lowest BCUT2D eigenvalue weighted by Crippen LogP contribution is -2.55. The zero-order chi connectivity index (χ0) is 37.8. The molecule has 270 valence electrons. The summed E-state index contributed by atoms with van der Waals surface area (Å²) in [6, 6.07) is 53.2. The minimum atomic E-state index is -4.26. The van der Waals surface area contributed by atoms with Crippen LogP contribution in [-0.2, 0) is 33.2 Å². The van der Waals surface area contributed by atoms with E-state index in [1.807, 2.05) is 84.9 Å². The molecule has 1 amide bonds. The molecule has 1 N–H and O–H groups in total. The Balaban J connectivity index is 1.48. The lowest BCUT2D eigenvalue weighted by atomic mass is 9.63. The van der Waals surface area contributed by atoms with E-state index >= 15 is 4.79 Å². The van der Waals surface area contributed by atoms with Gasteiger partial charge < -0.3 is 4.98 Å². The Morgan fingerprint density at radius 2 is 1.27 bits per heavy atom. The lowest BCUT2D eigenvalue weighted by Gasteiger charge is -2.47. The molecule has 0 saturated carbocycles. The number of nitrogens with one attached hydrogen (secondary N) is 1. The van der Waals surface area contributed by atoms with Crippen molar-refractivity contribution in [3.63, 3.8) is 0 Å². The minimum absolute atomic E-state index is 0.0726. The van der Waals surface area contributed by atoms with Gasteiger partial charge in [-0.05, 0) is 64.6 Å². The molecule has 8 nitrogen and oxygen atoms in total. The summed E-state index contributed by atoms with van der Waals surface area (Å²) < 4.78 is 31.1. The number of sulfonamides is 1. The Labute approximate surface area is 321 Å². The molecule has 0 aliphatic carbocycles. The van der Waals surface area contributed by atoms with Gasteiger partial charge in [0.2, 0.25) is 15.9 Å². The minimum Gasteiger partial charge on any atom is -0.351 e. The van der Waals surface area contributed by atoms with E-state index in [0.29, 0.717) is 22.5 Å². The van der Waals surface area contributed by atoms with E-state index < -0.39 is 33.4 Å². The van der Waals surface area contributed by atoms with Crippen LogP contribution in [0.25, 0.3) is 0 Å². The standard InChI is InChI=1S/C46H37N5O3S/c47-30-35-26-27-42-36(28-35)32-50(55(53,54)40-24-14-5-15-25-40)43(29-34-16-6-1-7-17-34)45(52)51(42)44(41-31-48-33-49-41)46(37-18-8-2-9-19-37,38-20-10-3-11-21-38)39-22-12-4-13-23-39/h1-28,31,33,43-44H,29,32H2,(H,48,49). The molecule has 55 heavy (non-hydrogen) atoms. The van der Waals surface area contributed by atoms with Crippen molar-refractivity contribution in [3.8, 4) is 6.07 Å². The van der Waals surface area contributed by atoms with Gasteiger partial charge in [-0.15, -0.1) is 0 Å². The summed E-state index contributed by atoms with van der Waals surface area (Å²) in [6.45, 7) is -0.149. The fourth-order valence-electron chi connectivity index (χ4n) is 8.02. The second-order valence-electron chi connectivity index (χ2n) is 13.5. The van der Waals surface area contributed by atoms with Crippen LogP contribution in [0.4, 0.5) is 5.69 Å². The highest BCUT2D eigenvalue weighted by atomic mass is 32.2. The number of rotatable bonds is 10. The SMILES string of the molecule is N#Cc1ccc2c(c1)CN(S(=O)(=O)c1ccccc1)C(Cc1ccccc1)C(=O)N2C(c1c[nH]cn1)C(c1ccccc1)(c1ccccc1)c1ccccc1. The monoisotopic (exact) mass is 739 g/mol. The Kier molecular flexibility index (Phi) is 9.68. The molecule has 0 fully saturated rings. The third kappa shape index (κ3) is 6.42. The molecule has 1 aromatic heterocycles. The highest BCUT2D eigenvalue weighted by Gasteiger charge is 2.53. The first-order valence-corrected chi connectivity index (χ1v) is 19.5. The second-order valence-corrected chi connectivity index (χ2v) is 15.4. The molecule has 1 aliphatic rings. The van der Waals surface area contributed by atoms with Crippen LogP contribution in [0.1, 0.15) is 45.1 Å². The molecule has 0 spiro atoms. The topological polar surface area (TPSA) is 110 Å². The number of hydrogen-bond donors (Lipinski definition) is 1. The van der Waals surface area contributed by atoms with Crippen molar-refractivity contribution in [2.24, 2.45) is 0 Å². The van der Waals surface area contributed by atoms with Crippen LogP contribution in [0.2, 0.25) is 0 Å². The number of carbonyl (C=O) groups excluding carboxylic acids is 1. The normalized spacial score (nSPS) is 15.4. The average Bonchev–Trinajstić information content (AvgIpc) is 3.75. The van der Waals surface area contributed by atoms with Crippen molar-refractivity contribution in [2.75, 3.05) is 4.90 Å². The summed E-state index contributed by atoms with van der Waals surface area (Å²) in [5.74, 6) is -0.424. The third-order valence-electron chi connectivity index (χ3n) is 10.4. The molecular weight excluding hydrogens is 703 g/mol. The van der Waals surface area contributed by atoms with E-state index in [2.05, 4.69) is 47.5 Å². The van der Waals surface area contributed by atoms with Crippen LogP contribution < -0.4 is 4.90 Å². The van der Waals surface area contributed by atoms with Crippen molar-refractivity contribution < 1.29 is 13.2 Å². The highest BCUT2D eigenvalue weighted by molar-refractivity contribution is 7.89. The Hall–Kier alpha value is -6.60. The molecule has 0 radical (unpaired) electrons. The van der Waals surface area contributed by atoms with Crippen molar-refractivity contribution in [3.05, 3.63) is 221 Å². The van der Waals surface area contributed by atoms with Gasteiger partial charge in [-0.2, -0.15) is 9.57 Å². The van der Waals surface area contributed by atoms with Gasteiger partial charge in [0.25, 0.3) is 0 Å². The highest BCUT2D eigenvalue weighted by Crippen LogP contribution is 2.53. The summed E-state index contributed by atoms with van der Waals surface area (Å²) >= 11 is 0. The maximum Gasteiger partial charge on any atom is 0.246 e. The molecule has 1 aliphatic heterocycles. The number of aromatic amines is 1. The van der Waals surface area contributed by atoms with Gasteiger partial charge in [0.15, 0.2) is 0 Å². The quantitative estimate of drug-likeness (QED) is 0.142. The third-order valence-corrected chi connectivity index (χ3v) is 12.3. The van der Waals surface area contributed by atoms with Gasteiger partial charge in [0.1, 0.15) is 6.04 Å². The van der Waals surface area contributed by atoms with Gasteiger partial charge in [-0.25, -0.2) is 13.4 Å². The summed E-state index contributed by atoms with van der Waals surface area (Å²) in [5, 5.41) is 10.1. The summed E-state index contributed by atoms with van der Waals surface area (Å²) in [5.41, 5.74) is 4.35. The molecule has 8 rings (SSSR count). The molecule has 0 saturated heterocycles. The maximum absolute atomic E-state index is 16.1. The van der Waals surface area contributed by atoms with Crippen LogP contribution in [0.3, 0.4) is 0 Å². The number of anilines is 1. The van der Waals surface area contributed by atoms with Crippen LogP contribution in [0.5, 0.6) is 0 Å². The zero-order valence-electron chi connectivity index (χ0n) is 29.8. The molecule has 2 unspecified atom stereocenters. The van der Waals surface area contributed by atoms with Gasteiger partial charge in [-0.1, -0.05) is 140 Å². The Bertz CT molecular complexity index is 2450. The van der Waals surface area contributed by atoms with Crippen molar-refractivity contribution >= 4 is 21.6 Å². The number of aromatic nitrogens is 2. The lowest BCUT2D eigenvalue weighted by molar-refractivity contribution is -0.123. The smallest absolute Gasteiger partial charge is 0.246 e. The van der Waals surface area contributed by atoms with E-state index in [4.69, 9.17) is 4.98 Å². The predicted octanol–water partition coefficient (Wildman–Crippen LogP) is 8.21. The van der Waals surface area contributed by atoms with E-state index in [-0.39, 0.29) is 17.9 Å². The van der Waals surface area contributed by atoms with Crippen molar-refractivity contribution in [1.29, 1.82) is 5.26 Å². The summed E-state index contributed by atoms with van der Waals surface area (Å²) in [4.78, 5) is 26.0. The Morgan fingerprint density at radius 3 is 1.78 bits per heavy atom. The van der Waals surface area contributed by atoms with Crippen LogP contribution in [0, 0.1) is 11.3 Å². The number of benzene rings is 6. The van der Waals surface area contributed by atoms with Crippen LogP contribution in [0.15, 0.2) is 187 Å². The number of H-pyrrole nitrogens is 1. The number of nitrogens with zero attached hydrogens (tertiary/aromatic N) is 4. The molecular formula is C46H37N5O3S. The van der Waals surface area contributed by atoms with Gasteiger partial charge in [-0.3, -0.25) is 9.69 Å². The number of amides is 1. The Morgan fingerprint density at radius 1 is 0.745 bits per heavy atom. The van der Waals surface area contributed by atoms with Crippen molar-refractivity contribution in [1.82, 2.24) is 14.3 Å². The summed E-state index contributed by atoms with van der Waals surface area (Å²) in [7, 11) is -4.26.